The van der Waals surface area contributed by atoms with Crippen LogP contribution < -0.4 is 0 Å². The van der Waals surface area contributed by atoms with Crippen molar-refractivity contribution in [3.63, 3.8) is 0 Å². The Bertz CT molecular complexity index is 1950. The first-order valence-electron chi connectivity index (χ1n) is 54.2. The van der Waals surface area contributed by atoms with E-state index in [4.69, 9.17) is 114 Å². The van der Waals surface area contributed by atoms with Gasteiger partial charge in [-0.1, -0.05) is 223 Å². The molecule has 6 atom stereocenters. The molecule has 0 rings (SSSR count). The molecule has 6 unspecified atom stereocenters. The van der Waals surface area contributed by atoms with Gasteiger partial charge in [0.25, 0.3) is 0 Å². The molecule has 0 bridgehead atoms. The smallest absolute Gasteiger partial charge is 0.306 e. The highest BCUT2D eigenvalue weighted by Crippen LogP contribution is 2.15. The van der Waals surface area contributed by atoms with Crippen molar-refractivity contribution in [2.45, 2.75) is 410 Å². The standard InChI is InChI=1S/C17H36.C12H26S.C11H24O4.2C11H24O3.C10H18O5.C8H18O4.C8H16O3.C8H18O2.C8H18OS.C6H14O2/c1-3-5-7-9-11-13-15-17-16-14-12-10-8-6-4-2;1-3-4-5-6-7-8-9-10-11-12-13-2;1-9(13-5)7-14-11(3)8-15-10(2)6-12-4;1-9(2)6-13-11(4)8-14-10(3)7-12-5;1-4-7-13-10-11(2)14-9-6-5-8-12-3;1-3-6-14-9(11)4-5-10(12)15-8-7-13-2;1-9-3-5-11-7-8-12-6-4-10-2;1-3-8(9)11-7-5-4-6-10-2;1-3-6-10-8-5-4-7-9-2;1-9-7-5-3-4-6-8-10-2;1-7-5-3-4-6-8-2/h3-17H2,1-2H3;3-12H2,1-2H3;9-11H,6-8H2,1-5H3;9-11H,6-8H2,1-5H3;11H,4-10H2,1-3H3;3-8H2,1-2H3;3-8H2,1-2H3;3-7H2,1-2H3;2*3-8H2,1-2H3;3-6H2,1-2H3. The monoisotopic (exact) mass is 2050 g/mol. The lowest BCUT2D eigenvalue weighted by molar-refractivity contribution is -0.151. The molecule has 0 aromatic carbocycles. The third-order valence-electron chi connectivity index (χ3n) is 19.5. The zero-order chi connectivity index (χ0) is 106. The Balaban J connectivity index is -0.000000145. The molecule has 0 aliphatic rings. The van der Waals surface area contributed by atoms with Gasteiger partial charge >= 0.3 is 17.9 Å². The predicted molar refractivity (Wildman–Crippen MR) is 586 cm³/mol. The zero-order valence-corrected chi connectivity index (χ0v) is 98.2. The van der Waals surface area contributed by atoms with Gasteiger partial charge in [-0.15, -0.1) is 0 Å². The predicted octanol–water partition coefficient (Wildman–Crippen LogP) is 25.6. The van der Waals surface area contributed by atoms with Gasteiger partial charge in [-0.25, -0.2) is 0 Å². The lowest BCUT2D eigenvalue weighted by Gasteiger charge is -2.18. The highest BCUT2D eigenvalue weighted by atomic mass is 32.2. The molecule has 0 N–H and O–H groups in total. The second-order valence-electron chi connectivity index (χ2n) is 34.6. The van der Waals surface area contributed by atoms with Crippen LogP contribution in [0.5, 0.6) is 0 Å². The fourth-order valence-corrected chi connectivity index (χ4v) is 12.1. The molecule has 0 aromatic rings. The number of methoxy groups -OCH3 is 12. The largest absolute Gasteiger partial charge is 0.466 e. The van der Waals surface area contributed by atoms with E-state index >= 15 is 0 Å². The third-order valence-corrected chi connectivity index (χ3v) is 20.9. The Morgan fingerprint density at radius 3 is 0.784 bits per heavy atom. The molecule has 0 aliphatic heterocycles. The number of ether oxygens (including phenoxy) is 24. The molecule has 0 saturated carbocycles. The molecule has 0 spiro atoms. The van der Waals surface area contributed by atoms with Crippen LogP contribution in [0.15, 0.2) is 0 Å². The number of hydrogen-bond acceptors (Lipinski definition) is 29. The van der Waals surface area contributed by atoms with Crippen molar-refractivity contribution in [3.8, 4) is 0 Å². The van der Waals surface area contributed by atoms with E-state index in [-0.39, 0.29) is 68.0 Å². The molecule has 0 radical (unpaired) electrons. The van der Waals surface area contributed by atoms with Gasteiger partial charge < -0.3 is 114 Å². The van der Waals surface area contributed by atoms with E-state index in [9.17, 15) is 14.4 Å². The molecule has 29 heteroatoms. The summed E-state index contributed by atoms with van der Waals surface area (Å²) in [4.78, 5) is 32.6. The summed E-state index contributed by atoms with van der Waals surface area (Å²) in [5.41, 5.74) is 0. The zero-order valence-electron chi connectivity index (χ0n) is 96.6. The first kappa shape index (κ1) is 160. The summed E-state index contributed by atoms with van der Waals surface area (Å²) in [6.07, 6.45) is 57.4. The van der Waals surface area contributed by atoms with Crippen LogP contribution in [0, 0.1) is 5.92 Å². The van der Waals surface area contributed by atoms with Crippen LogP contribution >= 0.6 is 23.5 Å². The van der Waals surface area contributed by atoms with E-state index in [1.807, 2.05) is 72.0 Å². The van der Waals surface area contributed by atoms with Gasteiger partial charge in [-0.05, 0) is 161 Å². The summed E-state index contributed by atoms with van der Waals surface area (Å²) in [5.74, 6) is 2.36. The van der Waals surface area contributed by atoms with Gasteiger partial charge in [0.1, 0.15) is 6.61 Å². The van der Waals surface area contributed by atoms with Gasteiger partial charge in [0.15, 0.2) is 0 Å². The van der Waals surface area contributed by atoms with Crippen LogP contribution in [-0.2, 0) is 128 Å². The molecule has 0 amide bonds. The lowest BCUT2D eigenvalue weighted by Crippen LogP contribution is -2.26. The van der Waals surface area contributed by atoms with E-state index in [1.165, 1.54) is 198 Å². The van der Waals surface area contributed by atoms with Crippen molar-refractivity contribution in [2.24, 2.45) is 5.92 Å². The molecular formula is C110H236O27S2. The summed E-state index contributed by atoms with van der Waals surface area (Å²) >= 11 is 3.91. The SMILES string of the molecule is CCC(=O)OCCCCOC.CCCCCCCCCCCCCCCCC.CCCCCCCCCCCSC.CCCOC(=O)CCC(=O)OCCOC.CCCOCC(C)OCCCCOC.CCCOCCCCOC.COCC(C)OCC(C)OCC(C)C.COCC(C)OCC(C)OCC(C)OC.COCCCCCCSC.COCCCCOC.COCCOCCOCCOC. The summed E-state index contributed by atoms with van der Waals surface area (Å²) < 4.78 is 122. The Hall–Kier alpha value is -1.73. The van der Waals surface area contributed by atoms with Crippen molar-refractivity contribution in [3.05, 3.63) is 0 Å². The Morgan fingerprint density at radius 1 is 0.201 bits per heavy atom. The van der Waals surface area contributed by atoms with Gasteiger partial charge in [0, 0.05) is 164 Å². The molecule has 27 nitrogen and oxygen atoms in total. The van der Waals surface area contributed by atoms with E-state index in [0.717, 1.165) is 143 Å². The Labute approximate surface area is 868 Å². The number of esters is 3. The summed E-state index contributed by atoms with van der Waals surface area (Å²) in [5, 5.41) is 0. The Kier molecular flexibility index (Phi) is 183. The minimum Gasteiger partial charge on any atom is -0.466 e. The first-order valence-corrected chi connectivity index (χ1v) is 57.0. The number of thioether (sulfide) groups is 2. The highest BCUT2D eigenvalue weighted by Gasteiger charge is 2.12. The van der Waals surface area contributed by atoms with E-state index in [1.54, 1.807) is 85.1 Å². The fourth-order valence-electron chi connectivity index (χ4n) is 11.1. The molecule has 0 saturated heterocycles. The van der Waals surface area contributed by atoms with Crippen molar-refractivity contribution in [2.75, 3.05) is 288 Å². The summed E-state index contributed by atoms with van der Waals surface area (Å²) in [6, 6.07) is 0. The quantitative estimate of drug-likeness (QED) is 0.0311. The number of carbonyl (C=O) groups excluding carboxylic acids is 3. The number of rotatable bonds is 93. The van der Waals surface area contributed by atoms with Gasteiger partial charge in [-0.3, -0.25) is 14.4 Å². The second-order valence-corrected chi connectivity index (χ2v) is 36.6. The van der Waals surface area contributed by atoms with Crippen LogP contribution in [-0.4, -0.2) is 342 Å². The molecule has 0 fully saturated rings. The number of unbranched alkanes of at least 4 members (excludes halogenated alkanes) is 29. The van der Waals surface area contributed by atoms with E-state index in [2.05, 4.69) is 61.0 Å². The third kappa shape index (κ3) is 191. The molecular weight excluding hydrogens is 1820 g/mol. The number of carbonyl (C=O) groups is 3. The molecule has 0 aliphatic carbocycles. The summed E-state index contributed by atoms with van der Waals surface area (Å²) in [7, 11) is 20.2. The van der Waals surface area contributed by atoms with Crippen molar-refractivity contribution < 1.29 is 128 Å². The Morgan fingerprint density at radius 2 is 0.460 bits per heavy atom. The topological polar surface area (TPSA) is 273 Å². The maximum Gasteiger partial charge on any atom is 0.306 e. The molecule has 850 valence electrons. The van der Waals surface area contributed by atoms with Crippen molar-refractivity contribution in [1.29, 1.82) is 0 Å². The van der Waals surface area contributed by atoms with Crippen LogP contribution in [0.2, 0.25) is 0 Å². The minimum absolute atomic E-state index is 0.0618. The van der Waals surface area contributed by atoms with E-state index in [0.29, 0.717) is 111 Å². The number of hydrogen-bond donors (Lipinski definition) is 0. The maximum atomic E-state index is 11.0. The lowest BCUT2D eigenvalue weighted by atomic mass is 10.0. The van der Waals surface area contributed by atoms with Crippen LogP contribution in [0.4, 0.5) is 0 Å². The van der Waals surface area contributed by atoms with E-state index < -0.39 is 5.97 Å². The average molecular weight is 2060 g/mol. The van der Waals surface area contributed by atoms with Crippen LogP contribution in [0.1, 0.15) is 374 Å². The second kappa shape index (κ2) is 159. The summed E-state index contributed by atoms with van der Waals surface area (Å²) in [6.45, 7) is 49.4. The molecule has 0 aromatic heterocycles. The maximum absolute atomic E-state index is 11.0. The minimum atomic E-state index is -0.402. The van der Waals surface area contributed by atoms with Gasteiger partial charge in [0.05, 0.1) is 149 Å². The van der Waals surface area contributed by atoms with Crippen LogP contribution in [0.25, 0.3) is 0 Å². The average Bonchev–Trinajstić information content (AvgIpc) is 0.990. The fraction of sp³-hybridized carbons (Fsp3) is 0.973. The van der Waals surface area contributed by atoms with Gasteiger partial charge in [0.2, 0.25) is 0 Å². The highest BCUT2D eigenvalue weighted by molar-refractivity contribution is 7.98. The normalized spacial score (nSPS) is 11.9. The molecule has 139 heavy (non-hydrogen) atoms. The van der Waals surface area contributed by atoms with Crippen molar-refractivity contribution >= 4 is 41.4 Å². The molecule has 0 heterocycles. The van der Waals surface area contributed by atoms with Crippen LogP contribution in [0.3, 0.4) is 0 Å². The van der Waals surface area contributed by atoms with Gasteiger partial charge in [-0.2, -0.15) is 23.5 Å². The van der Waals surface area contributed by atoms with Crippen molar-refractivity contribution in [1.82, 2.24) is 0 Å². The first-order chi connectivity index (χ1) is 67.5.